The van der Waals surface area contributed by atoms with Crippen molar-refractivity contribution in [1.82, 2.24) is 9.55 Å². The number of aromatic amines is 1. The number of aliphatic carboxylic acids is 1. The first kappa shape index (κ1) is 13.5. The molecule has 0 fully saturated rings. The summed E-state index contributed by atoms with van der Waals surface area (Å²) in [7, 11) is 0. The minimum Gasteiger partial charge on any atom is -0.481 e. The van der Waals surface area contributed by atoms with Crippen molar-refractivity contribution in [1.29, 1.82) is 0 Å². The monoisotopic (exact) mass is 279 g/mol. The fraction of sp³-hybridized carbons (Fsp3) is 0.182. The van der Waals surface area contributed by atoms with E-state index in [4.69, 9.17) is 5.11 Å². The van der Waals surface area contributed by atoms with Gasteiger partial charge in [0.2, 0.25) is 0 Å². The largest absolute Gasteiger partial charge is 0.481 e. The number of carboxylic acid groups (broad SMARTS) is 1. The van der Waals surface area contributed by atoms with Crippen LogP contribution < -0.4 is 11.1 Å². The molecule has 0 aliphatic heterocycles. The Morgan fingerprint density at radius 3 is 2.70 bits per heavy atom. The van der Waals surface area contributed by atoms with Crippen LogP contribution in [-0.2, 0) is 11.3 Å². The summed E-state index contributed by atoms with van der Waals surface area (Å²) in [6.07, 6.45) is -0.338. The van der Waals surface area contributed by atoms with Gasteiger partial charge in [-0.25, -0.2) is 0 Å². The minimum absolute atomic E-state index is 0.106. The van der Waals surface area contributed by atoms with Crippen molar-refractivity contribution in [3.63, 3.8) is 0 Å². The number of aryl methyl sites for hydroxylation is 1. The van der Waals surface area contributed by atoms with Crippen molar-refractivity contribution in [2.75, 3.05) is 0 Å². The van der Waals surface area contributed by atoms with Crippen molar-refractivity contribution in [2.24, 2.45) is 0 Å². The molecule has 2 rings (SSSR count). The average Bonchev–Trinajstić information content (AvgIpc) is 2.38. The van der Waals surface area contributed by atoms with E-state index in [0.29, 0.717) is 0 Å². The minimum atomic E-state index is -1.12. The van der Waals surface area contributed by atoms with E-state index in [9.17, 15) is 24.5 Å². The summed E-state index contributed by atoms with van der Waals surface area (Å²) in [6.45, 7) is -0.188. The number of carboxylic acids is 1. The molecular formula is C11H9N3O6. The molecule has 0 unspecified atom stereocenters. The summed E-state index contributed by atoms with van der Waals surface area (Å²) in [5.74, 6) is -1.12. The van der Waals surface area contributed by atoms with Gasteiger partial charge < -0.3 is 14.7 Å². The van der Waals surface area contributed by atoms with E-state index >= 15 is 0 Å². The zero-order chi connectivity index (χ0) is 14.9. The molecule has 2 N–H and O–H groups in total. The highest BCUT2D eigenvalue weighted by Crippen LogP contribution is 2.17. The molecular weight excluding hydrogens is 270 g/mol. The lowest BCUT2D eigenvalue weighted by Gasteiger charge is -2.07. The first-order valence-corrected chi connectivity index (χ1v) is 5.53. The molecule has 0 atom stereocenters. The SMILES string of the molecule is O=C(O)CCn1c(=O)c(=O)[nH]c2cc([N+](=O)[O-])ccc21. The lowest BCUT2D eigenvalue weighted by molar-refractivity contribution is -0.384. The topological polar surface area (TPSA) is 135 Å². The lowest BCUT2D eigenvalue weighted by Crippen LogP contribution is -2.36. The van der Waals surface area contributed by atoms with Gasteiger partial charge in [-0.15, -0.1) is 0 Å². The molecule has 0 saturated heterocycles. The molecule has 0 aliphatic rings. The van der Waals surface area contributed by atoms with E-state index in [2.05, 4.69) is 4.98 Å². The van der Waals surface area contributed by atoms with Crippen LogP contribution in [0.1, 0.15) is 6.42 Å². The van der Waals surface area contributed by atoms with Gasteiger partial charge in [-0.05, 0) is 6.07 Å². The second-order valence-electron chi connectivity index (χ2n) is 4.01. The number of nitro groups is 1. The standard InChI is InChI=1S/C11H9N3O6/c15-9(16)3-4-13-8-2-1-6(14(19)20)5-7(8)12-10(17)11(13)18/h1-2,5H,3-4H2,(H,12,17)(H,15,16). The molecule has 104 valence electrons. The van der Waals surface area contributed by atoms with Gasteiger partial charge in [0.05, 0.1) is 22.4 Å². The Hall–Kier alpha value is -2.97. The number of nitro benzene ring substituents is 1. The second kappa shape index (κ2) is 4.96. The maximum atomic E-state index is 11.7. The van der Waals surface area contributed by atoms with Gasteiger partial charge in [0.1, 0.15) is 0 Å². The Balaban J connectivity index is 2.68. The van der Waals surface area contributed by atoms with E-state index in [1.807, 2.05) is 0 Å². The van der Waals surface area contributed by atoms with Crippen molar-refractivity contribution in [3.8, 4) is 0 Å². The van der Waals surface area contributed by atoms with Gasteiger partial charge in [-0.2, -0.15) is 0 Å². The Bertz CT molecular complexity index is 819. The number of non-ortho nitro benzene ring substituents is 1. The third-order valence-corrected chi connectivity index (χ3v) is 2.72. The fourth-order valence-electron chi connectivity index (χ4n) is 1.81. The molecule has 20 heavy (non-hydrogen) atoms. The van der Waals surface area contributed by atoms with Crippen LogP contribution in [0.15, 0.2) is 27.8 Å². The van der Waals surface area contributed by atoms with E-state index in [0.717, 1.165) is 10.6 Å². The van der Waals surface area contributed by atoms with E-state index in [1.165, 1.54) is 12.1 Å². The quantitative estimate of drug-likeness (QED) is 0.462. The van der Waals surface area contributed by atoms with Crippen LogP contribution >= 0.6 is 0 Å². The predicted molar refractivity (Wildman–Crippen MR) is 67.7 cm³/mol. The highest BCUT2D eigenvalue weighted by molar-refractivity contribution is 5.77. The van der Waals surface area contributed by atoms with Crippen LogP contribution in [0.4, 0.5) is 5.69 Å². The van der Waals surface area contributed by atoms with Gasteiger partial charge in [0.25, 0.3) is 5.69 Å². The normalized spacial score (nSPS) is 10.6. The third-order valence-electron chi connectivity index (χ3n) is 2.72. The molecule has 0 amide bonds. The molecule has 9 nitrogen and oxygen atoms in total. The van der Waals surface area contributed by atoms with Gasteiger partial charge in [-0.1, -0.05) is 0 Å². The summed E-state index contributed by atoms with van der Waals surface area (Å²) < 4.78 is 0.992. The zero-order valence-electron chi connectivity index (χ0n) is 10.0. The molecule has 0 radical (unpaired) electrons. The first-order chi connectivity index (χ1) is 9.40. The van der Waals surface area contributed by atoms with Crippen LogP contribution in [0.2, 0.25) is 0 Å². The average molecular weight is 279 g/mol. The fourth-order valence-corrected chi connectivity index (χ4v) is 1.81. The van der Waals surface area contributed by atoms with Crippen LogP contribution in [0, 0.1) is 10.1 Å². The zero-order valence-corrected chi connectivity index (χ0v) is 10.0. The van der Waals surface area contributed by atoms with Gasteiger partial charge in [0, 0.05) is 18.7 Å². The van der Waals surface area contributed by atoms with Gasteiger partial charge in [-0.3, -0.25) is 24.5 Å². The Kier molecular flexibility index (Phi) is 3.34. The molecule has 0 spiro atoms. The number of rotatable bonds is 4. The summed E-state index contributed by atoms with van der Waals surface area (Å²) in [5.41, 5.74) is -1.75. The highest BCUT2D eigenvalue weighted by Gasteiger charge is 2.12. The van der Waals surface area contributed by atoms with Crippen molar-refractivity contribution in [2.45, 2.75) is 13.0 Å². The third kappa shape index (κ3) is 2.41. The number of benzene rings is 1. The van der Waals surface area contributed by atoms with Crippen molar-refractivity contribution in [3.05, 3.63) is 49.0 Å². The van der Waals surface area contributed by atoms with Crippen LogP contribution in [-0.4, -0.2) is 25.6 Å². The number of fused-ring (bicyclic) bond motifs is 1. The molecule has 0 saturated carbocycles. The first-order valence-electron chi connectivity index (χ1n) is 5.53. The van der Waals surface area contributed by atoms with Crippen molar-refractivity contribution >= 4 is 22.7 Å². The van der Waals surface area contributed by atoms with Crippen LogP contribution in [0.3, 0.4) is 0 Å². The summed E-state index contributed by atoms with van der Waals surface area (Å²) in [5, 5.41) is 19.3. The number of aromatic nitrogens is 2. The van der Waals surface area contributed by atoms with E-state index < -0.39 is 22.0 Å². The van der Waals surface area contributed by atoms with Crippen molar-refractivity contribution < 1.29 is 14.8 Å². The van der Waals surface area contributed by atoms with Crippen LogP contribution in [0.5, 0.6) is 0 Å². The summed E-state index contributed by atoms with van der Waals surface area (Å²) in [4.78, 5) is 46.0. The predicted octanol–water partition coefficient (Wildman–Crippen LogP) is 0.0727. The Morgan fingerprint density at radius 1 is 1.40 bits per heavy atom. The number of nitrogens with one attached hydrogen (secondary N) is 1. The molecule has 1 heterocycles. The molecule has 1 aromatic carbocycles. The van der Waals surface area contributed by atoms with Gasteiger partial charge in [0.15, 0.2) is 0 Å². The highest BCUT2D eigenvalue weighted by atomic mass is 16.6. The smallest absolute Gasteiger partial charge is 0.316 e. The Morgan fingerprint density at radius 2 is 2.10 bits per heavy atom. The van der Waals surface area contributed by atoms with Gasteiger partial charge >= 0.3 is 17.1 Å². The number of carbonyl (C=O) groups is 1. The molecule has 1 aromatic heterocycles. The second-order valence-corrected chi connectivity index (χ2v) is 4.01. The molecule has 0 bridgehead atoms. The number of nitrogens with zero attached hydrogens (tertiary/aromatic N) is 2. The number of H-pyrrole nitrogens is 1. The number of hydrogen-bond donors (Lipinski definition) is 2. The van der Waals surface area contributed by atoms with E-state index in [1.54, 1.807) is 0 Å². The molecule has 0 aliphatic carbocycles. The van der Waals surface area contributed by atoms with E-state index in [-0.39, 0.29) is 29.7 Å². The molecule has 2 aromatic rings. The molecule has 9 heteroatoms. The summed E-state index contributed by atoms with van der Waals surface area (Å²) in [6, 6.07) is 3.59. The maximum absolute atomic E-state index is 11.7. The number of hydrogen-bond acceptors (Lipinski definition) is 5. The summed E-state index contributed by atoms with van der Waals surface area (Å²) >= 11 is 0. The maximum Gasteiger partial charge on any atom is 0.316 e. The van der Waals surface area contributed by atoms with Crippen LogP contribution in [0.25, 0.3) is 11.0 Å². The Labute approximate surface area is 110 Å². The lowest BCUT2D eigenvalue weighted by atomic mass is 10.2.